The van der Waals surface area contributed by atoms with E-state index in [1.807, 2.05) is 55.5 Å². The van der Waals surface area contributed by atoms with Gasteiger partial charge in [-0.15, -0.1) is 10.2 Å². The highest BCUT2D eigenvalue weighted by Crippen LogP contribution is 2.39. The Kier molecular flexibility index (Phi) is 10.8. The number of hydroxylamine groups is 1. The number of thioether (sulfide) groups is 1. The molecule has 1 aliphatic rings. The van der Waals surface area contributed by atoms with Gasteiger partial charge in [0.15, 0.2) is 10.6 Å². The van der Waals surface area contributed by atoms with Gasteiger partial charge in [-0.05, 0) is 30.0 Å². The zero-order chi connectivity index (χ0) is 27.6. The first-order chi connectivity index (χ1) is 18.9. The van der Waals surface area contributed by atoms with Crippen molar-refractivity contribution in [3.8, 4) is 0 Å². The molecule has 0 aliphatic carbocycles. The topological polar surface area (TPSA) is 143 Å². The zero-order valence-electron chi connectivity index (χ0n) is 21.5. The molecular formula is C27H32N4O6S2. The van der Waals surface area contributed by atoms with Crippen molar-refractivity contribution in [2.24, 2.45) is 0 Å². The van der Waals surface area contributed by atoms with E-state index < -0.39 is 12.2 Å². The summed E-state index contributed by atoms with van der Waals surface area (Å²) in [4.78, 5) is 23.1. The molecule has 1 saturated heterocycles. The molecule has 10 nitrogen and oxygen atoms in total. The molecule has 12 heteroatoms. The normalized spacial score (nSPS) is 19.0. The number of ether oxygens (including phenoxy) is 2. The molecule has 4 rings (SSSR count). The second kappa shape index (κ2) is 14.5. The number of aromatic nitrogens is 2. The Bertz CT molecular complexity index is 1220. The van der Waals surface area contributed by atoms with Gasteiger partial charge in [0.2, 0.25) is 11.8 Å². The third-order valence-electron chi connectivity index (χ3n) is 6.19. The van der Waals surface area contributed by atoms with Crippen molar-refractivity contribution < 1.29 is 29.4 Å². The highest BCUT2D eigenvalue weighted by Gasteiger charge is 2.32. The molecule has 39 heavy (non-hydrogen) atoms. The van der Waals surface area contributed by atoms with Crippen molar-refractivity contribution in [1.29, 1.82) is 0 Å². The smallest absolute Gasteiger partial charge is 0.243 e. The van der Waals surface area contributed by atoms with Gasteiger partial charge in [-0.25, -0.2) is 5.48 Å². The van der Waals surface area contributed by atoms with E-state index in [1.165, 1.54) is 0 Å². The van der Waals surface area contributed by atoms with E-state index in [1.54, 1.807) is 28.6 Å². The molecule has 3 unspecified atom stereocenters. The van der Waals surface area contributed by atoms with Crippen LogP contribution in [0.15, 0.2) is 52.9 Å². The van der Waals surface area contributed by atoms with Crippen molar-refractivity contribution in [1.82, 2.24) is 21.0 Å². The molecule has 4 N–H and O–H groups in total. The lowest BCUT2D eigenvalue weighted by Crippen LogP contribution is -2.31. The summed E-state index contributed by atoms with van der Waals surface area (Å²) in [6, 6.07) is 15.5. The van der Waals surface area contributed by atoms with Gasteiger partial charge >= 0.3 is 0 Å². The Morgan fingerprint density at radius 2 is 1.69 bits per heavy atom. The molecular weight excluding hydrogens is 540 g/mol. The first kappa shape index (κ1) is 29.1. The SMILES string of the molecule is Cc1nnc(SCC2CC(c3ccc(CO)cc3)OC(c3ccc(CNC(=O)CCCC(=O)NO)cc3)O2)s1. The second-order valence-corrected chi connectivity index (χ2v) is 11.6. The van der Waals surface area contributed by atoms with E-state index in [-0.39, 0.29) is 37.6 Å². The number of aliphatic hydroxyl groups is 1. The van der Waals surface area contributed by atoms with E-state index in [2.05, 4.69) is 15.5 Å². The van der Waals surface area contributed by atoms with Crippen LogP contribution < -0.4 is 10.8 Å². The molecule has 1 aliphatic heterocycles. The number of hydrogen-bond acceptors (Lipinski definition) is 10. The number of nitrogens with zero attached hydrogens (tertiary/aromatic N) is 2. The molecule has 3 aromatic rings. The fraction of sp³-hybridized carbons (Fsp3) is 0.407. The highest BCUT2D eigenvalue weighted by atomic mass is 32.2. The quantitative estimate of drug-likeness (QED) is 0.144. The Morgan fingerprint density at radius 3 is 2.36 bits per heavy atom. The van der Waals surface area contributed by atoms with Crippen LogP contribution in [0.25, 0.3) is 0 Å². The van der Waals surface area contributed by atoms with E-state index in [9.17, 15) is 14.7 Å². The fourth-order valence-electron chi connectivity index (χ4n) is 4.07. The second-order valence-electron chi connectivity index (χ2n) is 9.15. The zero-order valence-corrected chi connectivity index (χ0v) is 23.2. The van der Waals surface area contributed by atoms with Crippen LogP contribution >= 0.6 is 23.1 Å². The van der Waals surface area contributed by atoms with Crippen LogP contribution in [0.4, 0.5) is 0 Å². The molecule has 0 spiro atoms. The van der Waals surface area contributed by atoms with Gasteiger partial charge in [0.1, 0.15) is 5.01 Å². The molecule has 0 bridgehead atoms. The number of carbonyl (C=O) groups excluding carboxylic acids is 2. The minimum atomic E-state index is -0.565. The van der Waals surface area contributed by atoms with Crippen LogP contribution in [0.2, 0.25) is 0 Å². The molecule has 0 saturated carbocycles. The van der Waals surface area contributed by atoms with Crippen LogP contribution in [0, 0.1) is 6.92 Å². The third kappa shape index (κ3) is 8.82. The average molecular weight is 573 g/mol. The van der Waals surface area contributed by atoms with Gasteiger partial charge in [-0.3, -0.25) is 14.8 Å². The third-order valence-corrected chi connectivity index (χ3v) is 8.29. The summed E-state index contributed by atoms with van der Waals surface area (Å²) in [6.45, 7) is 2.28. The van der Waals surface area contributed by atoms with Crippen molar-refractivity contribution in [2.75, 3.05) is 5.75 Å². The maximum Gasteiger partial charge on any atom is 0.243 e. The van der Waals surface area contributed by atoms with E-state index in [4.69, 9.17) is 14.7 Å². The van der Waals surface area contributed by atoms with Gasteiger partial charge in [-0.1, -0.05) is 71.6 Å². The first-order valence-electron chi connectivity index (χ1n) is 12.7. The highest BCUT2D eigenvalue weighted by molar-refractivity contribution is 8.01. The van der Waals surface area contributed by atoms with Gasteiger partial charge in [0.25, 0.3) is 0 Å². The minimum Gasteiger partial charge on any atom is -0.392 e. The monoisotopic (exact) mass is 572 g/mol. The van der Waals surface area contributed by atoms with E-state index >= 15 is 0 Å². The Balaban J connectivity index is 1.38. The number of carbonyl (C=O) groups is 2. The van der Waals surface area contributed by atoms with Gasteiger partial charge in [0, 0.05) is 37.1 Å². The van der Waals surface area contributed by atoms with Crippen LogP contribution in [-0.2, 0) is 32.2 Å². The molecule has 1 fully saturated rings. The molecule has 2 heterocycles. The number of aryl methyl sites for hydroxylation is 1. The number of amides is 2. The average Bonchev–Trinajstić information content (AvgIpc) is 3.40. The molecule has 3 atom stereocenters. The number of rotatable bonds is 12. The number of benzene rings is 2. The van der Waals surface area contributed by atoms with Crippen LogP contribution in [0.3, 0.4) is 0 Å². The molecule has 208 valence electrons. The molecule has 1 aromatic heterocycles. The lowest BCUT2D eigenvalue weighted by molar-refractivity contribution is -0.245. The van der Waals surface area contributed by atoms with Crippen LogP contribution in [0.1, 0.15) is 65.3 Å². The standard InChI is InChI=1S/C27H32N4O6S2/c1-17-29-30-27(39-17)38-16-22-13-23(20-9-7-19(15-32)8-10-20)37-26(36-22)21-11-5-18(6-12-21)14-28-24(33)3-2-4-25(34)31-35/h5-12,22-23,26,32,35H,2-4,13-16H2,1H3,(H,28,33)(H,31,34). The van der Waals surface area contributed by atoms with E-state index in [0.29, 0.717) is 25.1 Å². The predicted octanol–water partition coefficient (Wildman–Crippen LogP) is 3.97. The van der Waals surface area contributed by atoms with E-state index in [0.717, 1.165) is 31.6 Å². The Hall–Kier alpha value is -2.87. The Morgan fingerprint density at radius 1 is 1.00 bits per heavy atom. The Labute approximate surface area is 235 Å². The van der Waals surface area contributed by atoms with Crippen LogP contribution in [-0.4, -0.2) is 44.2 Å². The predicted molar refractivity (Wildman–Crippen MR) is 146 cm³/mol. The lowest BCUT2D eigenvalue weighted by atomic mass is 10.0. The van der Waals surface area contributed by atoms with Crippen molar-refractivity contribution >= 4 is 34.9 Å². The lowest BCUT2D eigenvalue weighted by Gasteiger charge is -2.36. The van der Waals surface area contributed by atoms with Gasteiger partial charge < -0.3 is 19.9 Å². The summed E-state index contributed by atoms with van der Waals surface area (Å²) in [5, 5.41) is 30.0. The summed E-state index contributed by atoms with van der Waals surface area (Å²) in [6.07, 6.45) is 0.513. The maximum absolute atomic E-state index is 12.0. The molecule has 2 aromatic carbocycles. The van der Waals surface area contributed by atoms with Crippen molar-refractivity contribution in [2.45, 2.75) is 68.6 Å². The number of aliphatic hydroxyl groups excluding tert-OH is 1. The van der Waals surface area contributed by atoms with Crippen molar-refractivity contribution in [3.63, 3.8) is 0 Å². The number of hydrogen-bond donors (Lipinski definition) is 4. The molecule has 0 radical (unpaired) electrons. The summed E-state index contributed by atoms with van der Waals surface area (Å²) in [7, 11) is 0. The summed E-state index contributed by atoms with van der Waals surface area (Å²) in [5.41, 5.74) is 5.23. The van der Waals surface area contributed by atoms with Crippen molar-refractivity contribution in [3.05, 3.63) is 75.8 Å². The maximum atomic E-state index is 12.0. The largest absolute Gasteiger partial charge is 0.392 e. The minimum absolute atomic E-state index is 0.00819. The van der Waals surface area contributed by atoms with Gasteiger partial charge in [0.05, 0.1) is 18.8 Å². The van der Waals surface area contributed by atoms with Gasteiger partial charge in [-0.2, -0.15) is 0 Å². The number of nitrogens with one attached hydrogen (secondary N) is 2. The molecule has 2 amide bonds. The fourth-order valence-corrected chi connectivity index (χ4v) is 5.93. The first-order valence-corrected chi connectivity index (χ1v) is 14.5. The van der Waals surface area contributed by atoms with Crippen LogP contribution in [0.5, 0.6) is 0 Å². The summed E-state index contributed by atoms with van der Waals surface area (Å²) in [5.74, 6) is 0.0416. The summed E-state index contributed by atoms with van der Waals surface area (Å²) >= 11 is 3.19. The summed E-state index contributed by atoms with van der Waals surface area (Å²) < 4.78 is 13.7.